The van der Waals surface area contributed by atoms with E-state index in [0.29, 0.717) is 47.3 Å². The molecule has 240 valence electrons. The Bertz CT molecular complexity index is 2050. The van der Waals surface area contributed by atoms with E-state index in [-0.39, 0.29) is 11.7 Å². The van der Waals surface area contributed by atoms with Crippen molar-refractivity contribution in [3.8, 4) is 39.5 Å². The highest BCUT2D eigenvalue weighted by atomic mass is 19.1. The van der Waals surface area contributed by atoms with Crippen molar-refractivity contribution in [3.05, 3.63) is 73.2 Å². The van der Waals surface area contributed by atoms with Crippen LogP contribution in [0.15, 0.2) is 67.4 Å². The molecule has 0 bridgehead atoms. The van der Waals surface area contributed by atoms with Crippen LogP contribution in [0.5, 0.6) is 5.75 Å². The van der Waals surface area contributed by atoms with Gasteiger partial charge in [-0.05, 0) is 81.8 Å². The summed E-state index contributed by atoms with van der Waals surface area (Å²) in [6.45, 7) is 3.08. The van der Waals surface area contributed by atoms with Crippen LogP contribution in [0.3, 0.4) is 0 Å². The van der Waals surface area contributed by atoms with Crippen LogP contribution < -0.4 is 15.4 Å². The van der Waals surface area contributed by atoms with Crippen molar-refractivity contribution in [3.63, 3.8) is 0 Å². The van der Waals surface area contributed by atoms with Crippen molar-refractivity contribution in [2.75, 3.05) is 45.7 Å². The number of halogens is 1. The lowest BCUT2D eigenvalue weighted by atomic mass is 9.94. The summed E-state index contributed by atoms with van der Waals surface area (Å²) in [4.78, 5) is 31.6. The van der Waals surface area contributed by atoms with Gasteiger partial charge in [-0.25, -0.2) is 4.39 Å². The van der Waals surface area contributed by atoms with Crippen LogP contribution in [-0.4, -0.2) is 81.3 Å². The third-order valence-corrected chi connectivity index (χ3v) is 8.49. The second kappa shape index (κ2) is 13.3. The number of ether oxygens (including phenoxy) is 1. The molecule has 4 N–H and O–H groups in total. The van der Waals surface area contributed by atoms with E-state index in [4.69, 9.17) is 4.74 Å². The molecule has 0 radical (unpaired) electrons. The summed E-state index contributed by atoms with van der Waals surface area (Å²) < 4.78 is 20.5. The van der Waals surface area contributed by atoms with Crippen molar-refractivity contribution in [2.24, 2.45) is 5.92 Å². The highest BCUT2D eigenvalue weighted by Crippen LogP contribution is 2.36. The summed E-state index contributed by atoms with van der Waals surface area (Å²) >= 11 is 0. The van der Waals surface area contributed by atoms with Crippen molar-refractivity contribution in [1.82, 2.24) is 40.3 Å². The first-order valence-corrected chi connectivity index (χ1v) is 15.8. The number of pyridine rings is 3. The van der Waals surface area contributed by atoms with E-state index in [1.807, 2.05) is 43.3 Å². The average molecular weight is 634 g/mol. The molecule has 0 unspecified atom stereocenters. The highest BCUT2D eigenvalue weighted by Gasteiger charge is 2.18. The SMILES string of the molecule is CN(C)CCOc1cc(F)cc(-c2cncc3[nH]c(-c4n[nH]c5cnc(-c6cncc(NC(=O)CC7CCNCC7)c6)cc45)cc23)c1. The minimum Gasteiger partial charge on any atom is -0.492 e. The van der Waals surface area contributed by atoms with Gasteiger partial charge in [0.15, 0.2) is 0 Å². The molecule has 1 aromatic carbocycles. The Morgan fingerprint density at radius 3 is 2.66 bits per heavy atom. The molecule has 0 aliphatic carbocycles. The number of piperidine rings is 1. The number of hydrogen-bond acceptors (Lipinski definition) is 8. The fourth-order valence-corrected chi connectivity index (χ4v) is 6.04. The van der Waals surface area contributed by atoms with Gasteiger partial charge in [0.1, 0.15) is 23.9 Å². The number of aromatic amines is 2. The number of rotatable bonds is 10. The van der Waals surface area contributed by atoms with Crippen molar-refractivity contribution >= 4 is 33.4 Å². The highest BCUT2D eigenvalue weighted by molar-refractivity contribution is 6.01. The maximum absolute atomic E-state index is 14.7. The number of nitrogens with zero attached hydrogens (tertiary/aromatic N) is 5. The van der Waals surface area contributed by atoms with Gasteiger partial charge in [0.05, 0.1) is 46.7 Å². The Morgan fingerprint density at radius 1 is 0.957 bits per heavy atom. The van der Waals surface area contributed by atoms with E-state index < -0.39 is 0 Å². The first kappa shape index (κ1) is 30.5. The number of benzene rings is 1. The number of carbonyl (C=O) groups is 1. The minimum atomic E-state index is -0.381. The predicted molar refractivity (Wildman–Crippen MR) is 180 cm³/mol. The normalized spacial score (nSPS) is 13.9. The number of amides is 1. The number of H-pyrrole nitrogens is 2. The Balaban J connectivity index is 1.16. The first-order chi connectivity index (χ1) is 22.9. The topological polar surface area (TPSA) is 137 Å². The van der Waals surface area contributed by atoms with Gasteiger partial charge in [-0.1, -0.05) is 0 Å². The van der Waals surface area contributed by atoms with Crippen LogP contribution in [0.4, 0.5) is 10.1 Å². The van der Waals surface area contributed by atoms with Gasteiger partial charge in [-0.3, -0.25) is 24.8 Å². The molecule has 0 spiro atoms. The molecule has 5 aromatic heterocycles. The van der Waals surface area contributed by atoms with E-state index in [0.717, 1.165) is 71.1 Å². The van der Waals surface area contributed by atoms with Crippen LogP contribution >= 0.6 is 0 Å². The summed E-state index contributed by atoms with van der Waals surface area (Å²) in [6, 6.07) is 10.6. The molecule has 1 aliphatic rings. The van der Waals surface area contributed by atoms with Crippen LogP contribution in [0.25, 0.3) is 55.6 Å². The van der Waals surface area contributed by atoms with Gasteiger partial charge < -0.3 is 25.3 Å². The number of likely N-dealkylation sites (N-methyl/N-ethyl adjacent to an activating group) is 1. The Labute approximate surface area is 271 Å². The molecule has 1 fully saturated rings. The number of fused-ring (bicyclic) bond motifs is 2. The maximum atomic E-state index is 14.7. The fraction of sp³-hybridized carbons (Fsp3) is 0.286. The second-order valence-corrected chi connectivity index (χ2v) is 12.3. The minimum absolute atomic E-state index is 0.00429. The number of anilines is 1. The molecular formula is C35H36FN9O2. The fourth-order valence-electron chi connectivity index (χ4n) is 6.04. The zero-order valence-corrected chi connectivity index (χ0v) is 26.3. The summed E-state index contributed by atoms with van der Waals surface area (Å²) in [5.41, 5.74) is 6.58. The number of carbonyl (C=O) groups excluding carboxylic acids is 1. The van der Waals surface area contributed by atoms with Crippen LogP contribution in [0, 0.1) is 11.7 Å². The number of aromatic nitrogens is 6. The van der Waals surface area contributed by atoms with Crippen molar-refractivity contribution in [2.45, 2.75) is 19.3 Å². The molecule has 1 saturated heterocycles. The van der Waals surface area contributed by atoms with Gasteiger partial charge in [-0.2, -0.15) is 5.10 Å². The lowest BCUT2D eigenvalue weighted by Gasteiger charge is -2.21. The maximum Gasteiger partial charge on any atom is 0.224 e. The Kier molecular flexibility index (Phi) is 8.60. The summed E-state index contributed by atoms with van der Waals surface area (Å²) in [7, 11) is 3.92. The lowest BCUT2D eigenvalue weighted by Crippen LogP contribution is -2.30. The average Bonchev–Trinajstić information content (AvgIpc) is 3.69. The monoisotopic (exact) mass is 633 g/mol. The van der Waals surface area contributed by atoms with Gasteiger partial charge in [-0.15, -0.1) is 0 Å². The summed E-state index contributed by atoms with van der Waals surface area (Å²) in [6.07, 6.45) is 11.1. The zero-order valence-electron chi connectivity index (χ0n) is 26.3. The predicted octanol–water partition coefficient (Wildman–Crippen LogP) is 5.64. The largest absolute Gasteiger partial charge is 0.492 e. The van der Waals surface area contributed by atoms with E-state index >= 15 is 0 Å². The smallest absolute Gasteiger partial charge is 0.224 e. The quantitative estimate of drug-likeness (QED) is 0.152. The van der Waals surface area contributed by atoms with Crippen molar-refractivity contribution < 1.29 is 13.9 Å². The van der Waals surface area contributed by atoms with Crippen LogP contribution in [-0.2, 0) is 4.79 Å². The molecule has 6 aromatic rings. The van der Waals surface area contributed by atoms with Gasteiger partial charge in [0.2, 0.25) is 5.91 Å². The summed E-state index contributed by atoms with van der Waals surface area (Å²) in [5.74, 6) is 0.474. The molecule has 12 heteroatoms. The van der Waals surface area contributed by atoms with Crippen LogP contribution in [0.2, 0.25) is 0 Å². The molecule has 1 aliphatic heterocycles. The third kappa shape index (κ3) is 6.83. The Hall–Kier alpha value is -5.20. The number of nitrogens with one attached hydrogen (secondary N) is 4. The van der Waals surface area contributed by atoms with E-state index in [1.54, 1.807) is 31.0 Å². The van der Waals surface area contributed by atoms with Gasteiger partial charge in [0, 0.05) is 53.3 Å². The van der Waals surface area contributed by atoms with E-state index in [9.17, 15) is 9.18 Å². The van der Waals surface area contributed by atoms with Crippen LogP contribution in [0.1, 0.15) is 19.3 Å². The second-order valence-electron chi connectivity index (χ2n) is 12.3. The molecular weight excluding hydrogens is 597 g/mol. The van der Waals surface area contributed by atoms with Gasteiger partial charge >= 0.3 is 0 Å². The molecule has 47 heavy (non-hydrogen) atoms. The molecule has 7 rings (SSSR count). The third-order valence-electron chi connectivity index (χ3n) is 8.49. The van der Waals surface area contributed by atoms with E-state index in [2.05, 4.69) is 40.8 Å². The zero-order chi connectivity index (χ0) is 32.3. The Morgan fingerprint density at radius 2 is 1.81 bits per heavy atom. The molecule has 1 amide bonds. The lowest BCUT2D eigenvalue weighted by molar-refractivity contribution is -0.117. The summed E-state index contributed by atoms with van der Waals surface area (Å²) in [5, 5.41) is 15.8. The van der Waals surface area contributed by atoms with Crippen molar-refractivity contribution in [1.29, 1.82) is 0 Å². The van der Waals surface area contributed by atoms with Gasteiger partial charge in [0.25, 0.3) is 0 Å². The standard InChI is InChI=1S/C35H36FN9O2/c1-45(2)7-8-47-26-12-22(10-24(36)13-26)29-18-39-19-32-27(29)14-31(42-32)35-28-15-30(40-20-33(28)43-44-35)23-11-25(17-38-16-23)41-34(46)9-21-3-5-37-6-4-21/h10-21,37,42H,3-9H2,1-2H3,(H,41,46)(H,43,44). The molecule has 6 heterocycles. The molecule has 0 atom stereocenters. The molecule has 0 saturated carbocycles. The van der Waals surface area contributed by atoms with E-state index in [1.165, 1.54) is 12.1 Å². The molecule has 11 nitrogen and oxygen atoms in total. The number of hydrogen-bond donors (Lipinski definition) is 4. The first-order valence-electron chi connectivity index (χ1n) is 15.8.